The van der Waals surface area contributed by atoms with Gasteiger partial charge in [-0.3, -0.25) is 4.79 Å². The highest BCUT2D eigenvalue weighted by Crippen LogP contribution is 2.30. The fraction of sp³-hybridized carbons (Fsp3) is 0.133. The van der Waals surface area contributed by atoms with Crippen LogP contribution >= 0.6 is 39.0 Å². The number of carbonyl (C=O) groups excluding carboxylic acids is 1. The molecular formula is C15H11BrN2OS2. The van der Waals surface area contributed by atoms with Gasteiger partial charge < -0.3 is 0 Å². The first-order chi connectivity index (χ1) is 10.1. The maximum atomic E-state index is 12.2. The van der Waals surface area contributed by atoms with Gasteiger partial charge in [-0.2, -0.15) is 0 Å². The molecule has 0 saturated heterocycles. The van der Waals surface area contributed by atoms with Crippen LogP contribution in [0.2, 0.25) is 0 Å². The van der Waals surface area contributed by atoms with Crippen molar-refractivity contribution >= 4 is 55.0 Å². The van der Waals surface area contributed by atoms with Crippen molar-refractivity contribution in [3.8, 4) is 0 Å². The summed E-state index contributed by atoms with van der Waals surface area (Å²) in [5.41, 5.74) is 0.720. The predicted molar refractivity (Wildman–Crippen MR) is 91.3 cm³/mol. The minimum atomic E-state index is 0.103. The van der Waals surface area contributed by atoms with Gasteiger partial charge in [0.1, 0.15) is 16.2 Å². The van der Waals surface area contributed by atoms with Crippen molar-refractivity contribution in [2.45, 2.75) is 11.9 Å². The van der Waals surface area contributed by atoms with E-state index in [0.717, 1.165) is 25.3 Å². The smallest absolute Gasteiger partial charge is 0.173 e. The standard InChI is InChI=1S/C15H11BrN2OS2/c1-9-6-12-14(17-8-18-15(12)21-9)20-7-13(19)10-2-4-11(16)5-3-10/h2-6,8H,7H2,1H3. The van der Waals surface area contributed by atoms with Gasteiger partial charge in [-0.25, -0.2) is 9.97 Å². The van der Waals surface area contributed by atoms with Gasteiger partial charge in [0.2, 0.25) is 0 Å². The second-order valence-corrected chi connectivity index (χ2v) is 7.59. The molecule has 0 aliphatic carbocycles. The number of fused-ring (bicyclic) bond motifs is 1. The highest BCUT2D eigenvalue weighted by molar-refractivity contribution is 9.10. The molecular weight excluding hydrogens is 368 g/mol. The molecule has 0 bridgehead atoms. The lowest BCUT2D eigenvalue weighted by Crippen LogP contribution is -2.02. The first-order valence-corrected chi connectivity index (χ1v) is 8.86. The van der Waals surface area contributed by atoms with Crippen LogP contribution in [0.1, 0.15) is 15.2 Å². The van der Waals surface area contributed by atoms with E-state index in [1.165, 1.54) is 16.6 Å². The third kappa shape index (κ3) is 3.33. The van der Waals surface area contributed by atoms with Gasteiger partial charge in [-0.15, -0.1) is 11.3 Å². The van der Waals surface area contributed by atoms with Crippen LogP contribution < -0.4 is 0 Å². The molecule has 21 heavy (non-hydrogen) atoms. The maximum absolute atomic E-state index is 12.2. The van der Waals surface area contributed by atoms with Gasteiger partial charge in [0.25, 0.3) is 0 Å². The average molecular weight is 379 g/mol. The number of halogens is 1. The van der Waals surface area contributed by atoms with Gasteiger partial charge in [-0.1, -0.05) is 39.8 Å². The van der Waals surface area contributed by atoms with Gasteiger partial charge in [0.05, 0.1) is 5.75 Å². The molecule has 0 amide bonds. The molecule has 0 N–H and O–H groups in total. The van der Waals surface area contributed by atoms with Crippen molar-refractivity contribution in [1.82, 2.24) is 9.97 Å². The first-order valence-electron chi connectivity index (χ1n) is 6.26. The van der Waals surface area contributed by atoms with Gasteiger partial charge in [0, 0.05) is 20.3 Å². The number of ketones is 1. The monoisotopic (exact) mass is 378 g/mol. The summed E-state index contributed by atoms with van der Waals surface area (Å²) in [5, 5.41) is 1.91. The van der Waals surface area contributed by atoms with E-state index in [2.05, 4.69) is 32.0 Å². The minimum absolute atomic E-state index is 0.103. The van der Waals surface area contributed by atoms with E-state index in [1.54, 1.807) is 17.7 Å². The molecule has 6 heteroatoms. The topological polar surface area (TPSA) is 42.9 Å². The Morgan fingerprint density at radius 3 is 2.81 bits per heavy atom. The number of aryl methyl sites for hydroxylation is 1. The summed E-state index contributed by atoms with van der Waals surface area (Å²) in [6.45, 7) is 2.05. The Balaban J connectivity index is 1.77. The number of thiophene rings is 1. The Hall–Kier alpha value is -1.24. The number of benzene rings is 1. The maximum Gasteiger partial charge on any atom is 0.173 e. The number of hydrogen-bond acceptors (Lipinski definition) is 5. The Labute approximate surface area is 138 Å². The normalized spacial score (nSPS) is 11.0. The lowest BCUT2D eigenvalue weighted by molar-refractivity contribution is 0.102. The fourth-order valence-electron chi connectivity index (χ4n) is 1.92. The van der Waals surface area contributed by atoms with Crippen LogP contribution in [-0.4, -0.2) is 21.5 Å². The van der Waals surface area contributed by atoms with Crippen molar-refractivity contribution in [3.05, 3.63) is 51.6 Å². The largest absolute Gasteiger partial charge is 0.293 e. The van der Waals surface area contributed by atoms with Crippen molar-refractivity contribution in [3.63, 3.8) is 0 Å². The van der Waals surface area contributed by atoms with Crippen LogP contribution in [0.3, 0.4) is 0 Å². The highest BCUT2D eigenvalue weighted by Gasteiger charge is 2.11. The van der Waals surface area contributed by atoms with Crippen molar-refractivity contribution in [2.24, 2.45) is 0 Å². The molecule has 0 atom stereocenters. The lowest BCUT2D eigenvalue weighted by Gasteiger charge is -2.02. The first kappa shape index (κ1) is 14.7. The van der Waals surface area contributed by atoms with Gasteiger partial charge in [-0.05, 0) is 25.1 Å². The number of rotatable bonds is 4. The predicted octanol–water partition coefficient (Wildman–Crippen LogP) is 4.74. The highest BCUT2D eigenvalue weighted by atomic mass is 79.9. The van der Waals surface area contributed by atoms with E-state index in [0.29, 0.717) is 5.75 Å². The summed E-state index contributed by atoms with van der Waals surface area (Å²) in [6, 6.07) is 9.49. The van der Waals surface area contributed by atoms with E-state index in [4.69, 9.17) is 0 Å². The molecule has 0 aliphatic rings. The van der Waals surface area contributed by atoms with Crippen LogP contribution in [0.5, 0.6) is 0 Å². The zero-order valence-corrected chi connectivity index (χ0v) is 14.4. The lowest BCUT2D eigenvalue weighted by atomic mass is 10.2. The second kappa shape index (κ2) is 6.25. The molecule has 0 fully saturated rings. The summed E-state index contributed by atoms with van der Waals surface area (Å²) in [7, 11) is 0. The number of nitrogens with zero attached hydrogens (tertiary/aromatic N) is 2. The summed E-state index contributed by atoms with van der Waals surface area (Å²) >= 11 is 6.48. The number of carbonyl (C=O) groups is 1. The van der Waals surface area contributed by atoms with E-state index < -0.39 is 0 Å². The Morgan fingerprint density at radius 2 is 2.05 bits per heavy atom. The quantitative estimate of drug-likeness (QED) is 0.373. The third-order valence-electron chi connectivity index (χ3n) is 2.92. The number of thioether (sulfide) groups is 1. The van der Waals surface area contributed by atoms with Crippen molar-refractivity contribution in [1.29, 1.82) is 0 Å². The summed E-state index contributed by atoms with van der Waals surface area (Å²) in [4.78, 5) is 22.9. The van der Waals surface area contributed by atoms with Crippen LogP contribution in [0.4, 0.5) is 0 Å². The second-order valence-electron chi connectivity index (χ2n) is 4.47. The molecule has 0 unspecified atom stereocenters. The molecule has 3 rings (SSSR count). The zero-order chi connectivity index (χ0) is 14.8. The average Bonchev–Trinajstić information content (AvgIpc) is 2.86. The minimum Gasteiger partial charge on any atom is -0.293 e. The Kier molecular flexibility index (Phi) is 4.37. The van der Waals surface area contributed by atoms with E-state index in [-0.39, 0.29) is 5.78 Å². The Bertz CT molecular complexity index is 799. The molecule has 0 spiro atoms. The Morgan fingerprint density at radius 1 is 1.29 bits per heavy atom. The molecule has 106 valence electrons. The summed E-state index contributed by atoms with van der Waals surface area (Å²) < 4.78 is 0.970. The SMILES string of the molecule is Cc1cc2c(SCC(=O)c3ccc(Br)cc3)ncnc2s1. The fourth-order valence-corrected chi connectivity index (χ4v) is 3.97. The summed E-state index contributed by atoms with van der Waals surface area (Å²) in [6.07, 6.45) is 1.56. The molecule has 2 aromatic heterocycles. The van der Waals surface area contributed by atoms with Crippen LogP contribution in [-0.2, 0) is 0 Å². The molecule has 0 saturated carbocycles. The number of hydrogen-bond donors (Lipinski definition) is 0. The van der Waals surface area contributed by atoms with E-state index in [1.807, 2.05) is 31.2 Å². The van der Waals surface area contributed by atoms with Gasteiger partial charge in [0.15, 0.2) is 5.78 Å². The number of aromatic nitrogens is 2. The number of Topliss-reactive ketones (excluding diaryl/α,β-unsaturated/α-hetero) is 1. The molecule has 0 radical (unpaired) electrons. The molecule has 3 nitrogen and oxygen atoms in total. The van der Waals surface area contributed by atoms with Gasteiger partial charge >= 0.3 is 0 Å². The van der Waals surface area contributed by atoms with Crippen LogP contribution in [0.25, 0.3) is 10.2 Å². The molecule has 0 aliphatic heterocycles. The van der Waals surface area contributed by atoms with E-state index in [9.17, 15) is 4.79 Å². The zero-order valence-electron chi connectivity index (χ0n) is 11.2. The molecule has 3 aromatic rings. The van der Waals surface area contributed by atoms with Crippen LogP contribution in [0.15, 0.2) is 46.2 Å². The molecule has 2 heterocycles. The van der Waals surface area contributed by atoms with Crippen molar-refractivity contribution < 1.29 is 4.79 Å². The third-order valence-corrected chi connectivity index (χ3v) is 5.41. The molecule has 1 aromatic carbocycles. The van der Waals surface area contributed by atoms with Crippen LogP contribution in [0, 0.1) is 6.92 Å². The summed E-state index contributed by atoms with van der Waals surface area (Å²) in [5.74, 6) is 0.481. The van der Waals surface area contributed by atoms with E-state index >= 15 is 0 Å². The van der Waals surface area contributed by atoms with Crippen molar-refractivity contribution in [2.75, 3.05) is 5.75 Å².